The fourth-order valence-electron chi connectivity index (χ4n) is 4.13. The number of hydrogen-bond donors (Lipinski definition) is 1. The van der Waals surface area contributed by atoms with Crippen LogP contribution < -0.4 is 5.73 Å². The van der Waals surface area contributed by atoms with Gasteiger partial charge in [-0.3, -0.25) is 4.90 Å². The molecule has 2 bridgehead atoms. The molecule has 2 heterocycles. The Balaban J connectivity index is 1.73. The fraction of sp³-hybridized carbons (Fsp3) is 0.647. The van der Waals surface area contributed by atoms with Gasteiger partial charge in [0, 0.05) is 12.6 Å². The van der Waals surface area contributed by atoms with Crippen LogP contribution in [0.25, 0.3) is 0 Å². The third-order valence-corrected chi connectivity index (χ3v) is 5.24. The summed E-state index contributed by atoms with van der Waals surface area (Å²) in [6, 6.07) is 8.03. The van der Waals surface area contributed by atoms with Crippen molar-refractivity contribution >= 4 is 0 Å². The van der Waals surface area contributed by atoms with Crippen LogP contribution >= 0.6 is 0 Å². The van der Waals surface area contributed by atoms with Crippen molar-refractivity contribution in [1.82, 2.24) is 4.90 Å². The van der Waals surface area contributed by atoms with Gasteiger partial charge in [-0.05, 0) is 68.7 Å². The van der Waals surface area contributed by atoms with Crippen LogP contribution in [-0.4, -0.2) is 30.6 Å². The molecule has 1 aromatic rings. The summed E-state index contributed by atoms with van der Waals surface area (Å²) < 4.78 is 13.9. The minimum Gasteiger partial charge on any atom is -0.330 e. The Kier molecular flexibility index (Phi) is 4.08. The molecule has 0 aromatic heterocycles. The number of piperidine rings is 2. The van der Waals surface area contributed by atoms with E-state index >= 15 is 0 Å². The largest absolute Gasteiger partial charge is 0.330 e. The van der Waals surface area contributed by atoms with Crippen molar-refractivity contribution in [3.8, 4) is 0 Å². The first-order valence-electron chi connectivity index (χ1n) is 7.90. The van der Waals surface area contributed by atoms with Crippen molar-refractivity contribution in [2.45, 2.75) is 44.6 Å². The van der Waals surface area contributed by atoms with E-state index in [0.717, 1.165) is 44.1 Å². The molecule has 2 nitrogen and oxygen atoms in total. The van der Waals surface area contributed by atoms with Crippen molar-refractivity contribution in [2.75, 3.05) is 19.6 Å². The average Bonchev–Trinajstić information content (AvgIpc) is 2.48. The van der Waals surface area contributed by atoms with Gasteiger partial charge < -0.3 is 5.73 Å². The van der Waals surface area contributed by atoms with Gasteiger partial charge in [-0.2, -0.15) is 0 Å². The van der Waals surface area contributed by atoms with Gasteiger partial charge in [0.1, 0.15) is 5.82 Å². The van der Waals surface area contributed by atoms with E-state index in [9.17, 15) is 4.39 Å². The number of halogens is 1. The van der Waals surface area contributed by atoms with Gasteiger partial charge in [0.15, 0.2) is 0 Å². The number of benzene rings is 1. The van der Waals surface area contributed by atoms with E-state index in [-0.39, 0.29) is 5.82 Å². The van der Waals surface area contributed by atoms with E-state index in [4.69, 9.17) is 5.73 Å². The van der Waals surface area contributed by atoms with E-state index in [0.29, 0.717) is 5.41 Å². The topological polar surface area (TPSA) is 29.3 Å². The van der Waals surface area contributed by atoms with E-state index < -0.39 is 0 Å². The van der Waals surface area contributed by atoms with Crippen LogP contribution in [0.2, 0.25) is 0 Å². The van der Waals surface area contributed by atoms with Gasteiger partial charge in [-0.25, -0.2) is 4.39 Å². The van der Waals surface area contributed by atoms with Crippen LogP contribution in [0.4, 0.5) is 4.39 Å². The maximum atomic E-state index is 13.9. The lowest BCUT2D eigenvalue weighted by Gasteiger charge is -2.53. The van der Waals surface area contributed by atoms with Crippen molar-refractivity contribution in [2.24, 2.45) is 11.1 Å². The normalized spacial score (nSPS) is 29.8. The molecule has 0 radical (unpaired) electrons. The van der Waals surface area contributed by atoms with Crippen molar-refractivity contribution in [3.05, 3.63) is 35.6 Å². The number of nitrogens with two attached hydrogens (primary N) is 1. The van der Waals surface area contributed by atoms with Gasteiger partial charge in [0.05, 0.1) is 0 Å². The Labute approximate surface area is 121 Å². The predicted octanol–water partition coefficient (Wildman–Crippen LogP) is 2.96. The van der Waals surface area contributed by atoms with Crippen molar-refractivity contribution < 1.29 is 4.39 Å². The van der Waals surface area contributed by atoms with Crippen LogP contribution in [0, 0.1) is 11.2 Å². The summed E-state index contributed by atoms with van der Waals surface area (Å²) >= 11 is 0. The first-order valence-corrected chi connectivity index (χ1v) is 7.90. The number of hydrogen-bond acceptors (Lipinski definition) is 2. The maximum Gasteiger partial charge on any atom is 0.126 e. The zero-order chi connectivity index (χ0) is 14.0. The van der Waals surface area contributed by atoms with Gasteiger partial charge in [0.25, 0.3) is 0 Å². The second-order valence-corrected chi connectivity index (χ2v) is 6.61. The summed E-state index contributed by atoms with van der Waals surface area (Å²) in [5, 5.41) is 0. The monoisotopic (exact) mass is 276 g/mol. The molecule has 0 spiro atoms. The van der Waals surface area contributed by atoms with Gasteiger partial charge >= 0.3 is 0 Å². The molecule has 20 heavy (non-hydrogen) atoms. The molecule has 110 valence electrons. The lowest BCUT2D eigenvalue weighted by atomic mass is 9.65. The predicted molar refractivity (Wildman–Crippen MR) is 80.0 cm³/mol. The SMILES string of the molecule is NCCCN1CC2(Cc3ccccc3F)CCC1CC2. The molecule has 1 aromatic carbocycles. The highest BCUT2D eigenvalue weighted by Crippen LogP contribution is 2.46. The summed E-state index contributed by atoms with van der Waals surface area (Å²) in [7, 11) is 0. The maximum absolute atomic E-state index is 13.9. The highest BCUT2D eigenvalue weighted by atomic mass is 19.1. The van der Waals surface area contributed by atoms with Crippen LogP contribution in [0.5, 0.6) is 0 Å². The summed E-state index contributed by atoms with van der Waals surface area (Å²) in [5.74, 6) is -0.0388. The smallest absolute Gasteiger partial charge is 0.126 e. The molecule has 0 amide bonds. The van der Waals surface area contributed by atoms with E-state index in [2.05, 4.69) is 4.90 Å². The Bertz CT molecular complexity index is 452. The van der Waals surface area contributed by atoms with Crippen molar-refractivity contribution in [1.29, 1.82) is 0 Å². The lowest BCUT2D eigenvalue weighted by Crippen LogP contribution is -2.55. The Hall–Kier alpha value is -0.930. The highest BCUT2D eigenvalue weighted by molar-refractivity contribution is 5.20. The van der Waals surface area contributed by atoms with E-state index in [1.165, 1.54) is 25.7 Å². The molecule has 0 atom stereocenters. The highest BCUT2D eigenvalue weighted by Gasteiger charge is 2.44. The molecule has 1 saturated carbocycles. The second-order valence-electron chi connectivity index (χ2n) is 6.61. The quantitative estimate of drug-likeness (QED) is 0.896. The zero-order valence-corrected chi connectivity index (χ0v) is 12.2. The molecule has 2 N–H and O–H groups in total. The molecule has 1 aliphatic carbocycles. The minimum absolute atomic E-state index is 0.0388. The van der Waals surface area contributed by atoms with Crippen LogP contribution in [0.3, 0.4) is 0 Å². The molecular formula is C17H25FN2. The first kappa shape index (κ1) is 14.0. The van der Waals surface area contributed by atoms with Crippen molar-refractivity contribution in [3.63, 3.8) is 0 Å². The molecule has 3 fully saturated rings. The van der Waals surface area contributed by atoms with Crippen LogP contribution in [0.1, 0.15) is 37.7 Å². The summed E-state index contributed by atoms with van der Waals surface area (Å²) in [5.41, 5.74) is 6.84. The Morgan fingerprint density at radius 1 is 1.25 bits per heavy atom. The summed E-state index contributed by atoms with van der Waals surface area (Å²) in [6.07, 6.45) is 7.03. The summed E-state index contributed by atoms with van der Waals surface area (Å²) in [6.45, 7) is 3.01. The molecule has 4 rings (SSSR count). The zero-order valence-electron chi connectivity index (χ0n) is 12.2. The van der Waals surface area contributed by atoms with Crippen LogP contribution in [-0.2, 0) is 6.42 Å². The Morgan fingerprint density at radius 2 is 2.00 bits per heavy atom. The van der Waals surface area contributed by atoms with Gasteiger partial charge in [-0.15, -0.1) is 0 Å². The van der Waals surface area contributed by atoms with E-state index in [1.54, 1.807) is 12.1 Å². The molecule has 3 heteroatoms. The number of fused-ring (bicyclic) bond motifs is 3. The summed E-state index contributed by atoms with van der Waals surface area (Å²) in [4.78, 5) is 2.61. The first-order chi connectivity index (χ1) is 9.72. The molecular weight excluding hydrogens is 251 g/mol. The molecule has 3 aliphatic rings. The number of nitrogens with zero attached hydrogens (tertiary/aromatic N) is 1. The third kappa shape index (κ3) is 2.75. The molecule has 2 aliphatic heterocycles. The fourth-order valence-corrected chi connectivity index (χ4v) is 4.13. The number of rotatable bonds is 5. The van der Waals surface area contributed by atoms with E-state index in [1.807, 2.05) is 12.1 Å². The van der Waals surface area contributed by atoms with Crippen LogP contribution in [0.15, 0.2) is 24.3 Å². The van der Waals surface area contributed by atoms with Gasteiger partial charge in [-0.1, -0.05) is 18.2 Å². The lowest BCUT2D eigenvalue weighted by molar-refractivity contribution is -0.0210. The third-order valence-electron chi connectivity index (χ3n) is 5.24. The molecule has 2 saturated heterocycles. The van der Waals surface area contributed by atoms with Gasteiger partial charge in [0.2, 0.25) is 0 Å². The second kappa shape index (κ2) is 5.82. The average molecular weight is 276 g/mol. The minimum atomic E-state index is -0.0388. The standard InChI is InChI=1S/C17H25FN2/c18-16-5-2-1-4-14(16)12-17-8-6-15(7-9-17)20(13-17)11-3-10-19/h1-2,4-5,15H,3,6-13,19H2. The molecule has 0 unspecified atom stereocenters. The Morgan fingerprint density at radius 3 is 2.70 bits per heavy atom.